The summed E-state index contributed by atoms with van der Waals surface area (Å²) < 4.78 is 16.2. The van der Waals surface area contributed by atoms with Gasteiger partial charge in [-0.05, 0) is 36.4 Å². The number of hydrogen-bond donors (Lipinski definition) is 1. The van der Waals surface area contributed by atoms with Gasteiger partial charge in [0.05, 0.1) is 23.6 Å². The molecule has 106 valence electrons. The Morgan fingerprint density at radius 3 is 2.67 bits per heavy atom. The SMILES string of the molecule is Fc1cc(Br)ccc1NCc1ccn(-c2ccccc2)n1. The second-order valence-corrected chi connectivity index (χ2v) is 5.48. The third-order valence-electron chi connectivity index (χ3n) is 3.06. The highest BCUT2D eigenvalue weighted by atomic mass is 79.9. The van der Waals surface area contributed by atoms with Crippen molar-refractivity contribution in [3.8, 4) is 5.69 Å². The Balaban J connectivity index is 1.70. The molecule has 0 atom stereocenters. The Morgan fingerprint density at radius 2 is 1.90 bits per heavy atom. The predicted octanol–water partition coefficient (Wildman–Crippen LogP) is 4.39. The summed E-state index contributed by atoms with van der Waals surface area (Å²) in [6, 6.07) is 16.7. The van der Waals surface area contributed by atoms with E-state index in [4.69, 9.17) is 0 Å². The lowest BCUT2D eigenvalue weighted by Gasteiger charge is -2.06. The molecule has 1 aromatic heterocycles. The zero-order valence-electron chi connectivity index (χ0n) is 11.1. The number of nitrogens with one attached hydrogen (secondary N) is 1. The maximum atomic E-state index is 13.7. The van der Waals surface area contributed by atoms with Crippen molar-refractivity contribution < 1.29 is 4.39 Å². The molecule has 0 amide bonds. The molecule has 0 saturated heterocycles. The van der Waals surface area contributed by atoms with Crippen LogP contribution in [0, 0.1) is 5.82 Å². The second kappa shape index (κ2) is 6.10. The van der Waals surface area contributed by atoms with E-state index in [1.54, 1.807) is 16.8 Å². The van der Waals surface area contributed by atoms with Crippen LogP contribution in [-0.2, 0) is 6.54 Å². The quantitative estimate of drug-likeness (QED) is 0.760. The van der Waals surface area contributed by atoms with Crippen LogP contribution in [0.25, 0.3) is 5.69 Å². The van der Waals surface area contributed by atoms with Crippen LogP contribution in [0.3, 0.4) is 0 Å². The van der Waals surface area contributed by atoms with E-state index in [-0.39, 0.29) is 5.82 Å². The van der Waals surface area contributed by atoms with Crippen molar-refractivity contribution >= 4 is 21.6 Å². The summed E-state index contributed by atoms with van der Waals surface area (Å²) in [5.41, 5.74) is 2.31. The van der Waals surface area contributed by atoms with Crippen LogP contribution in [0.2, 0.25) is 0 Å². The van der Waals surface area contributed by atoms with Crippen LogP contribution >= 0.6 is 15.9 Å². The summed E-state index contributed by atoms with van der Waals surface area (Å²) in [7, 11) is 0. The fourth-order valence-corrected chi connectivity index (χ4v) is 2.33. The van der Waals surface area contributed by atoms with Crippen LogP contribution in [0.1, 0.15) is 5.69 Å². The van der Waals surface area contributed by atoms with Crippen molar-refractivity contribution in [2.45, 2.75) is 6.54 Å². The fourth-order valence-electron chi connectivity index (χ4n) is 2.00. The third-order valence-corrected chi connectivity index (χ3v) is 3.55. The zero-order chi connectivity index (χ0) is 14.7. The van der Waals surface area contributed by atoms with Crippen LogP contribution < -0.4 is 5.32 Å². The van der Waals surface area contributed by atoms with Gasteiger partial charge >= 0.3 is 0 Å². The highest BCUT2D eigenvalue weighted by molar-refractivity contribution is 9.10. The molecule has 5 heteroatoms. The van der Waals surface area contributed by atoms with Gasteiger partial charge in [-0.3, -0.25) is 0 Å². The monoisotopic (exact) mass is 345 g/mol. The average Bonchev–Trinajstić information content (AvgIpc) is 2.96. The summed E-state index contributed by atoms with van der Waals surface area (Å²) in [6.07, 6.45) is 1.89. The van der Waals surface area contributed by atoms with Gasteiger partial charge in [-0.2, -0.15) is 5.10 Å². The van der Waals surface area contributed by atoms with Crippen LogP contribution in [0.5, 0.6) is 0 Å². The van der Waals surface area contributed by atoms with Crippen molar-refractivity contribution in [2.75, 3.05) is 5.32 Å². The molecule has 3 nitrogen and oxygen atoms in total. The number of benzene rings is 2. The van der Waals surface area contributed by atoms with E-state index in [9.17, 15) is 4.39 Å². The number of para-hydroxylation sites is 1. The molecule has 3 rings (SSSR count). The minimum absolute atomic E-state index is 0.285. The zero-order valence-corrected chi connectivity index (χ0v) is 12.7. The molecular weight excluding hydrogens is 333 g/mol. The van der Waals surface area contributed by atoms with Gasteiger partial charge in [-0.25, -0.2) is 9.07 Å². The van der Waals surface area contributed by atoms with Crippen LogP contribution in [0.15, 0.2) is 65.3 Å². The highest BCUT2D eigenvalue weighted by Gasteiger charge is 2.04. The Hall–Kier alpha value is -2.14. The van der Waals surface area contributed by atoms with Crippen molar-refractivity contribution in [3.05, 3.63) is 76.8 Å². The lowest BCUT2D eigenvalue weighted by atomic mass is 10.3. The minimum atomic E-state index is -0.285. The first-order chi connectivity index (χ1) is 10.2. The first kappa shape index (κ1) is 13.8. The molecule has 1 heterocycles. The van der Waals surface area contributed by atoms with Crippen LogP contribution in [-0.4, -0.2) is 9.78 Å². The summed E-state index contributed by atoms with van der Waals surface area (Å²) in [5, 5.41) is 7.51. The third kappa shape index (κ3) is 3.31. The van der Waals surface area contributed by atoms with E-state index in [0.29, 0.717) is 12.2 Å². The van der Waals surface area contributed by atoms with Crippen molar-refractivity contribution in [1.29, 1.82) is 0 Å². The molecule has 0 aliphatic rings. The molecule has 0 aliphatic heterocycles. The number of aromatic nitrogens is 2. The van der Waals surface area contributed by atoms with E-state index in [0.717, 1.165) is 15.9 Å². The number of hydrogen-bond acceptors (Lipinski definition) is 2. The van der Waals surface area contributed by atoms with E-state index in [1.165, 1.54) is 6.07 Å². The van der Waals surface area contributed by atoms with E-state index in [1.807, 2.05) is 42.6 Å². The van der Waals surface area contributed by atoms with Gasteiger partial charge in [0.15, 0.2) is 0 Å². The maximum Gasteiger partial charge on any atom is 0.147 e. The van der Waals surface area contributed by atoms with Crippen molar-refractivity contribution in [1.82, 2.24) is 9.78 Å². The van der Waals surface area contributed by atoms with Crippen molar-refractivity contribution in [2.24, 2.45) is 0 Å². The Kier molecular flexibility index (Phi) is 4.01. The molecule has 0 fully saturated rings. The van der Waals surface area contributed by atoms with Crippen LogP contribution in [0.4, 0.5) is 10.1 Å². The standard InChI is InChI=1S/C16H13BrFN3/c17-12-6-7-16(15(18)10-12)19-11-13-8-9-21(20-13)14-4-2-1-3-5-14/h1-10,19H,11H2. The van der Waals surface area contributed by atoms with E-state index >= 15 is 0 Å². The van der Waals surface area contributed by atoms with Gasteiger partial charge in [0.1, 0.15) is 5.82 Å². The smallest absolute Gasteiger partial charge is 0.147 e. The summed E-state index contributed by atoms with van der Waals surface area (Å²) in [5.74, 6) is -0.285. The van der Waals surface area contributed by atoms with Gasteiger partial charge in [0.2, 0.25) is 0 Å². The Morgan fingerprint density at radius 1 is 1.10 bits per heavy atom. The van der Waals surface area contributed by atoms with Gasteiger partial charge in [-0.15, -0.1) is 0 Å². The number of halogens is 2. The summed E-state index contributed by atoms with van der Waals surface area (Å²) in [4.78, 5) is 0. The normalized spacial score (nSPS) is 10.6. The molecule has 1 N–H and O–H groups in total. The Bertz CT molecular complexity index is 740. The van der Waals surface area contributed by atoms with Gasteiger partial charge < -0.3 is 5.32 Å². The lowest BCUT2D eigenvalue weighted by molar-refractivity contribution is 0.629. The molecule has 3 aromatic rings. The first-order valence-corrected chi connectivity index (χ1v) is 7.30. The molecule has 2 aromatic carbocycles. The van der Waals surface area contributed by atoms with Gasteiger partial charge in [0, 0.05) is 10.7 Å². The molecule has 0 spiro atoms. The summed E-state index contributed by atoms with van der Waals surface area (Å²) >= 11 is 3.24. The fraction of sp³-hybridized carbons (Fsp3) is 0.0625. The lowest BCUT2D eigenvalue weighted by Crippen LogP contribution is -2.03. The van der Waals surface area contributed by atoms with Gasteiger partial charge in [-0.1, -0.05) is 34.1 Å². The van der Waals surface area contributed by atoms with Gasteiger partial charge in [0.25, 0.3) is 0 Å². The van der Waals surface area contributed by atoms with E-state index < -0.39 is 0 Å². The number of anilines is 1. The number of nitrogens with zero attached hydrogens (tertiary/aromatic N) is 2. The second-order valence-electron chi connectivity index (χ2n) is 4.56. The topological polar surface area (TPSA) is 29.9 Å². The minimum Gasteiger partial charge on any atom is -0.377 e. The maximum absolute atomic E-state index is 13.7. The number of rotatable bonds is 4. The average molecular weight is 346 g/mol. The molecule has 0 radical (unpaired) electrons. The molecule has 0 bridgehead atoms. The molecule has 0 saturated carbocycles. The van der Waals surface area contributed by atoms with Crippen molar-refractivity contribution in [3.63, 3.8) is 0 Å². The predicted molar refractivity (Wildman–Crippen MR) is 85.0 cm³/mol. The highest BCUT2D eigenvalue weighted by Crippen LogP contribution is 2.19. The molecular formula is C16H13BrFN3. The largest absolute Gasteiger partial charge is 0.377 e. The molecule has 21 heavy (non-hydrogen) atoms. The first-order valence-electron chi connectivity index (χ1n) is 6.51. The van der Waals surface area contributed by atoms with E-state index in [2.05, 4.69) is 26.3 Å². The molecule has 0 aliphatic carbocycles. The Labute approximate surface area is 130 Å². The summed E-state index contributed by atoms with van der Waals surface area (Å²) in [6.45, 7) is 0.471. The molecule has 0 unspecified atom stereocenters.